The third-order valence-corrected chi connectivity index (χ3v) is 6.97. The molecule has 1 unspecified atom stereocenters. The monoisotopic (exact) mass is 328 g/mol. The summed E-state index contributed by atoms with van der Waals surface area (Å²) in [6, 6.07) is 5.27. The summed E-state index contributed by atoms with van der Waals surface area (Å²) < 4.78 is 24.5. The van der Waals surface area contributed by atoms with Crippen LogP contribution in [0.15, 0.2) is 18.2 Å². The first-order chi connectivity index (χ1) is 9.88. The van der Waals surface area contributed by atoms with E-state index in [-0.39, 0.29) is 11.7 Å². The van der Waals surface area contributed by atoms with Crippen LogP contribution in [-0.4, -0.2) is 48.4 Å². The van der Waals surface area contributed by atoms with Crippen LogP contribution in [-0.2, 0) is 9.84 Å². The predicted molar refractivity (Wildman–Crippen MR) is 87.2 cm³/mol. The molecule has 1 amide bonds. The quantitative estimate of drug-likeness (QED) is 0.851. The Hall–Kier alpha value is -1.21. The van der Waals surface area contributed by atoms with Crippen LogP contribution in [0.4, 0.5) is 5.69 Å². The van der Waals surface area contributed by atoms with Gasteiger partial charge in [0.15, 0.2) is 9.84 Å². The van der Waals surface area contributed by atoms with Crippen molar-refractivity contribution < 1.29 is 13.2 Å². The molecule has 1 heterocycles. The molecule has 0 aliphatic carbocycles. The highest BCUT2D eigenvalue weighted by Crippen LogP contribution is 2.26. The number of nitrogen functional groups attached to an aromatic ring is 1. The van der Waals surface area contributed by atoms with Gasteiger partial charge in [0, 0.05) is 29.5 Å². The minimum atomic E-state index is -3.31. The van der Waals surface area contributed by atoms with Gasteiger partial charge in [0.2, 0.25) is 0 Å². The number of benzene rings is 1. The predicted octanol–water partition coefficient (Wildman–Crippen LogP) is 1.53. The van der Waals surface area contributed by atoms with Gasteiger partial charge in [-0.25, -0.2) is 8.42 Å². The van der Waals surface area contributed by atoms with Crippen LogP contribution < -0.4 is 5.73 Å². The van der Waals surface area contributed by atoms with Crippen molar-refractivity contribution in [3.8, 4) is 0 Å². The Bertz CT molecular complexity index is 623. The van der Waals surface area contributed by atoms with Crippen LogP contribution in [0, 0.1) is 6.92 Å². The molecular formula is C14H20N2O3S2. The van der Waals surface area contributed by atoms with Crippen LogP contribution in [0.3, 0.4) is 0 Å². The van der Waals surface area contributed by atoms with Gasteiger partial charge < -0.3 is 10.6 Å². The zero-order chi connectivity index (χ0) is 15.6. The van der Waals surface area contributed by atoms with Crippen molar-refractivity contribution in [3.05, 3.63) is 29.3 Å². The number of carbonyl (C=O) groups excluding carboxylic acids is 1. The van der Waals surface area contributed by atoms with E-state index < -0.39 is 15.2 Å². The lowest BCUT2D eigenvalue weighted by molar-refractivity contribution is 0.0749. The lowest BCUT2D eigenvalue weighted by Gasteiger charge is -2.35. The lowest BCUT2D eigenvalue weighted by atomic mass is 10.1. The Morgan fingerprint density at radius 2 is 2.19 bits per heavy atom. The third kappa shape index (κ3) is 3.18. The highest BCUT2D eigenvalue weighted by atomic mass is 32.2. The van der Waals surface area contributed by atoms with Gasteiger partial charge in [0.05, 0.1) is 5.56 Å². The molecule has 2 rings (SSSR count). The van der Waals surface area contributed by atoms with E-state index in [4.69, 9.17) is 5.73 Å². The molecule has 21 heavy (non-hydrogen) atoms. The van der Waals surface area contributed by atoms with E-state index in [1.165, 1.54) is 4.90 Å². The number of sulfone groups is 1. The van der Waals surface area contributed by atoms with Crippen LogP contribution in [0.5, 0.6) is 0 Å². The molecule has 116 valence electrons. The first kappa shape index (κ1) is 16.2. The van der Waals surface area contributed by atoms with Crippen molar-refractivity contribution in [1.29, 1.82) is 0 Å². The van der Waals surface area contributed by atoms with Crippen molar-refractivity contribution in [2.24, 2.45) is 0 Å². The van der Waals surface area contributed by atoms with Gasteiger partial charge in [-0.2, -0.15) is 11.8 Å². The van der Waals surface area contributed by atoms with Gasteiger partial charge in [-0.05, 0) is 18.6 Å². The van der Waals surface area contributed by atoms with Crippen LogP contribution in [0.25, 0.3) is 0 Å². The highest BCUT2D eigenvalue weighted by Gasteiger charge is 2.36. The summed E-state index contributed by atoms with van der Waals surface area (Å²) >= 11 is 1.57. The summed E-state index contributed by atoms with van der Waals surface area (Å²) in [5, 5.41) is -0.757. The van der Waals surface area contributed by atoms with Gasteiger partial charge in [0.25, 0.3) is 5.91 Å². The van der Waals surface area contributed by atoms with Gasteiger partial charge in [0.1, 0.15) is 5.37 Å². The number of nitrogens with two attached hydrogens (primary N) is 1. The SMILES string of the molecule is CCS(=O)(=O)C1CSCCN1C(=O)c1c(C)cccc1N. The molecule has 0 spiro atoms. The van der Waals surface area contributed by atoms with Gasteiger partial charge >= 0.3 is 0 Å². The molecule has 0 radical (unpaired) electrons. The summed E-state index contributed by atoms with van der Waals surface area (Å²) in [5.41, 5.74) is 7.49. The van der Waals surface area contributed by atoms with E-state index in [2.05, 4.69) is 0 Å². The number of thioether (sulfide) groups is 1. The molecule has 1 aromatic carbocycles. The van der Waals surface area contributed by atoms with E-state index in [9.17, 15) is 13.2 Å². The number of aryl methyl sites for hydroxylation is 1. The van der Waals surface area contributed by atoms with Gasteiger partial charge in [-0.15, -0.1) is 0 Å². The average Bonchev–Trinajstić information content (AvgIpc) is 2.47. The van der Waals surface area contributed by atoms with Gasteiger partial charge in [-0.1, -0.05) is 19.1 Å². The van der Waals surface area contributed by atoms with Gasteiger partial charge in [-0.3, -0.25) is 4.79 Å². The van der Waals surface area contributed by atoms with E-state index in [1.807, 2.05) is 13.0 Å². The second-order valence-electron chi connectivity index (χ2n) is 5.02. The lowest BCUT2D eigenvalue weighted by Crippen LogP contribution is -2.50. The fourth-order valence-corrected chi connectivity index (χ4v) is 5.40. The van der Waals surface area contributed by atoms with E-state index in [0.29, 0.717) is 23.5 Å². The molecular weight excluding hydrogens is 308 g/mol. The van der Waals surface area contributed by atoms with Crippen molar-refractivity contribution in [2.75, 3.05) is 29.5 Å². The van der Waals surface area contributed by atoms with Crippen molar-refractivity contribution in [3.63, 3.8) is 0 Å². The maximum Gasteiger partial charge on any atom is 0.257 e. The molecule has 1 aliphatic heterocycles. The zero-order valence-corrected chi connectivity index (χ0v) is 13.8. The molecule has 1 fully saturated rings. The zero-order valence-electron chi connectivity index (χ0n) is 12.2. The summed E-state index contributed by atoms with van der Waals surface area (Å²) in [6.07, 6.45) is 0. The Morgan fingerprint density at radius 1 is 1.48 bits per heavy atom. The fraction of sp³-hybridized carbons (Fsp3) is 0.500. The minimum absolute atomic E-state index is 0.0330. The fourth-order valence-electron chi connectivity index (χ4n) is 2.43. The molecule has 1 aromatic rings. The number of hydrogen-bond donors (Lipinski definition) is 1. The number of hydrogen-bond acceptors (Lipinski definition) is 5. The number of rotatable bonds is 3. The highest BCUT2D eigenvalue weighted by molar-refractivity contribution is 8.01. The van der Waals surface area contributed by atoms with Crippen molar-refractivity contribution in [1.82, 2.24) is 4.90 Å². The van der Waals surface area contributed by atoms with Crippen molar-refractivity contribution in [2.45, 2.75) is 19.2 Å². The van der Waals surface area contributed by atoms with E-state index >= 15 is 0 Å². The number of amides is 1. The Morgan fingerprint density at radius 3 is 2.81 bits per heavy atom. The smallest absolute Gasteiger partial charge is 0.257 e. The van der Waals surface area contributed by atoms with Crippen LogP contribution >= 0.6 is 11.8 Å². The molecule has 1 atom stereocenters. The minimum Gasteiger partial charge on any atom is -0.398 e. The third-order valence-electron chi connectivity index (χ3n) is 3.68. The maximum atomic E-state index is 12.8. The Kier molecular flexibility index (Phi) is 4.83. The standard InChI is InChI=1S/C14H20N2O3S2/c1-3-21(18,19)12-9-20-8-7-16(12)14(17)13-10(2)5-4-6-11(13)15/h4-6,12H,3,7-9,15H2,1-2H3. The summed E-state index contributed by atoms with van der Waals surface area (Å²) in [7, 11) is -3.31. The maximum absolute atomic E-state index is 12.8. The van der Waals surface area contributed by atoms with E-state index in [1.54, 1.807) is 30.8 Å². The van der Waals surface area contributed by atoms with Crippen LogP contribution in [0.2, 0.25) is 0 Å². The number of nitrogens with zero attached hydrogens (tertiary/aromatic N) is 1. The summed E-state index contributed by atoms with van der Waals surface area (Å²) in [6.45, 7) is 3.85. The summed E-state index contributed by atoms with van der Waals surface area (Å²) in [4.78, 5) is 14.3. The Labute approximate surface area is 129 Å². The first-order valence-electron chi connectivity index (χ1n) is 6.84. The number of anilines is 1. The van der Waals surface area contributed by atoms with E-state index in [0.717, 1.165) is 11.3 Å². The van der Waals surface area contributed by atoms with Crippen molar-refractivity contribution >= 4 is 33.2 Å². The molecule has 0 bridgehead atoms. The largest absolute Gasteiger partial charge is 0.398 e. The molecule has 2 N–H and O–H groups in total. The molecule has 7 heteroatoms. The topological polar surface area (TPSA) is 80.5 Å². The molecule has 0 aromatic heterocycles. The normalized spacial score (nSPS) is 19.5. The average molecular weight is 328 g/mol. The second kappa shape index (κ2) is 6.27. The summed E-state index contributed by atoms with van der Waals surface area (Å²) in [5.74, 6) is 0.916. The molecule has 0 saturated carbocycles. The van der Waals surface area contributed by atoms with Crippen LogP contribution in [0.1, 0.15) is 22.8 Å². The molecule has 1 saturated heterocycles. The number of carbonyl (C=O) groups is 1. The molecule has 1 aliphatic rings. The second-order valence-corrected chi connectivity index (χ2v) is 8.62. The molecule has 5 nitrogen and oxygen atoms in total. The Balaban J connectivity index is 2.40. The first-order valence-corrected chi connectivity index (χ1v) is 9.71.